The van der Waals surface area contributed by atoms with Crippen molar-refractivity contribution in [3.05, 3.63) is 47.3 Å². The van der Waals surface area contributed by atoms with Gasteiger partial charge in [0.25, 0.3) is 0 Å². The average Bonchev–Trinajstić information content (AvgIpc) is 3.62. The van der Waals surface area contributed by atoms with Gasteiger partial charge in [-0.15, -0.1) is 12.4 Å². The van der Waals surface area contributed by atoms with Crippen LogP contribution in [0.1, 0.15) is 69.7 Å². The Kier molecular flexibility index (Phi) is 10.6. The molecule has 6 rings (SSSR count). The lowest BCUT2D eigenvalue weighted by molar-refractivity contribution is 0.0204. The molecule has 1 amide bonds. The Labute approximate surface area is 260 Å². The third kappa shape index (κ3) is 7.02. The molecule has 2 fully saturated rings. The van der Waals surface area contributed by atoms with Gasteiger partial charge < -0.3 is 33.5 Å². The van der Waals surface area contributed by atoms with E-state index >= 15 is 0 Å². The maximum absolute atomic E-state index is 13.8. The van der Waals surface area contributed by atoms with Gasteiger partial charge in [-0.25, -0.2) is 13.6 Å². The minimum Gasteiger partial charge on any atom is -0.490 e. The number of carbonyl (C=O) groups excluding carboxylic acids is 1. The Morgan fingerprint density at radius 1 is 0.841 bits per heavy atom. The van der Waals surface area contributed by atoms with E-state index in [9.17, 15) is 13.6 Å². The quantitative estimate of drug-likeness (QED) is 0.254. The molecular formula is C31H39ClF2N4O6. The van der Waals surface area contributed by atoms with Crippen molar-refractivity contribution in [3.8, 4) is 11.5 Å². The Morgan fingerprint density at radius 2 is 1.30 bits per heavy atom. The predicted octanol–water partition coefficient (Wildman–Crippen LogP) is 6.95. The number of rotatable bonds is 4. The van der Waals surface area contributed by atoms with E-state index in [4.69, 9.17) is 23.3 Å². The number of hydrogen-bond donors (Lipinski definition) is 1. The summed E-state index contributed by atoms with van der Waals surface area (Å²) in [4.78, 5) is 13.9. The van der Waals surface area contributed by atoms with Gasteiger partial charge >= 0.3 is 6.09 Å². The molecule has 2 aromatic carbocycles. The first kappa shape index (κ1) is 33.3. The van der Waals surface area contributed by atoms with Crippen LogP contribution in [0, 0.1) is 11.6 Å². The number of aromatic nitrogens is 2. The van der Waals surface area contributed by atoms with Crippen molar-refractivity contribution in [2.45, 2.75) is 63.9 Å². The van der Waals surface area contributed by atoms with Gasteiger partial charge in [0, 0.05) is 35.7 Å². The molecule has 0 aliphatic carbocycles. The lowest BCUT2D eigenvalue weighted by Gasteiger charge is -2.32. The van der Waals surface area contributed by atoms with Crippen LogP contribution in [0.15, 0.2) is 33.3 Å². The van der Waals surface area contributed by atoms with E-state index in [0.29, 0.717) is 30.2 Å². The zero-order valence-corrected chi connectivity index (χ0v) is 26.4. The number of nitrogens with one attached hydrogen (secondary N) is 1. The Morgan fingerprint density at radius 3 is 1.73 bits per heavy atom. The molecule has 0 spiro atoms. The van der Waals surface area contributed by atoms with E-state index in [1.54, 1.807) is 17.0 Å². The third-order valence-corrected chi connectivity index (χ3v) is 7.82. The molecule has 13 heteroatoms. The molecule has 2 aliphatic rings. The second-order valence-corrected chi connectivity index (χ2v) is 11.8. The van der Waals surface area contributed by atoms with Crippen molar-refractivity contribution >= 4 is 40.4 Å². The molecular weight excluding hydrogens is 598 g/mol. The molecule has 240 valence electrons. The number of hydrogen-bond acceptors (Lipinski definition) is 9. The summed E-state index contributed by atoms with van der Waals surface area (Å²) >= 11 is 0. The van der Waals surface area contributed by atoms with Gasteiger partial charge in [-0.05, 0) is 83.8 Å². The van der Waals surface area contributed by atoms with Gasteiger partial charge in [0.2, 0.25) is 22.7 Å². The first-order valence-corrected chi connectivity index (χ1v) is 14.5. The van der Waals surface area contributed by atoms with E-state index < -0.39 is 17.2 Å². The highest BCUT2D eigenvalue weighted by atomic mass is 35.5. The van der Waals surface area contributed by atoms with E-state index in [2.05, 4.69) is 15.6 Å². The predicted molar refractivity (Wildman–Crippen MR) is 163 cm³/mol. The number of carbonyl (C=O) groups is 1. The fourth-order valence-corrected chi connectivity index (χ4v) is 5.68. The van der Waals surface area contributed by atoms with Gasteiger partial charge in [-0.1, -0.05) is 10.3 Å². The van der Waals surface area contributed by atoms with Crippen molar-refractivity contribution in [2.75, 3.05) is 40.4 Å². The monoisotopic (exact) mass is 636 g/mol. The topological polar surface area (TPSA) is 112 Å². The molecule has 0 saturated carbocycles. The molecule has 2 aromatic heterocycles. The molecule has 4 heterocycles. The van der Waals surface area contributed by atoms with Gasteiger partial charge in [0.1, 0.15) is 5.60 Å². The van der Waals surface area contributed by atoms with Crippen LogP contribution < -0.4 is 14.8 Å². The van der Waals surface area contributed by atoms with Gasteiger partial charge in [0.05, 0.1) is 25.6 Å². The number of amides is 1. The fraction of sp³-hybridized carbons (Fsp3) is 0.516. The maximum Gasteiger partial charge on any atom is 0.410 e. The van der Waals surface area contributed by atoms with Crippen LogP contribution in [-0.2, 0) is 4.74 Å². The van der Waals surface area contributed by atoms with Crippen molar-refractivity contribution in [1.82, 2.24) is 20.5 Å². The van der Waals surface area contributed by atoms with Crippen molar-refractivity contribution in [2.24, 2.45) is 0 Å². The highest BCUT2D eigenvalue weighted by Crippen LogP contribution is 2.38. The zero-order valence-electron chi connectivity index (χ0n) is 25.6. The van der Waals surface area contributed by atoms with Crippen molar-refractivity contribution < 1.29 is 36.8 Å². The number of halogens is 3. The van der Waals surface area contributed by atoms with Crippen LogP contribution in [-0.4, -0.2) is 67.3 Å². The number of fused-ring (bicyclic) bond motifs is 2. The van der Waals surface area contributed by atoms with E-state index in [-0.39, 0.29) is 35.9 Å². The summed E-state index contributed by atoms with van der Waals surface area (Å²) in [7, 11) is 2.84. The maximum atomic E-state index is 13.8. The largest absolute Gasteiger partial charge is 0.490 e. The van der Waals surface area contributed by atoms with Crippen LogP contribution in [0.3, 0.4) is 0 Å². The second kappa shape index (κ2) is 14.0. The Balaban J connectivity index is 0.000000206. The molecule has 2 aliphatic heterocycles. The van der Waals surface area contributed by atoms with Gasteiger partial charge in [0.15, 0.2) is 11.6 Å². The summed E-state index contributed by atoms with van der Waals surface area (Å²) in [5, 5.41) is 13.2. The molecule has 0 bridgehead atoms. The summed E-state index contributed by atoms with van der Waals surface area (Å²) in [5.74, 6) is -0.157. The molecule has 10 nitrogen and oxygen atoms in total. The lowest BCUT2D eigenvalue weighted by atomic mass is 9.92. The molecule has 1 N–H and O–H groups in total. The summed E-state index contributed by atoms with van der Waals surface area (Å²) in [6, 6.07) is 6.15. The van der Waals surface area contributed by atoms with Crippen molar-refractivity contribution in [3.63, 3.8) is 0 Å². The minimum atomic E-state index is -0.503. The molecule has 2 saturated heterocycles. The summed E-state index contributed by atoms with van der Waals surface area (Å²) in [6.07, 6.45) is 3.27. The summed E-state index contributed by atoms with van der Waals surface area (Å²) in [5.41, 5.74) is 1.94. The molecule has 0 unspecified atom stereocenters. The first-order valence-electron chi connectivity index (χ1n) is 14.5. The zero-order chi connectivity index (χ0) is 30.7. The Bertz CT molecular complexity index is 1570. The number of likely N-dealkylation sites (tertiary alicyclic amines) is 1. The molecule has 0 atom stereocenters. The van der Waals surface area contributed by atoms with Crippen LogP contribution in [0.2, 0.25) is 0 Å². The highest BCUT2D eigenvalue weighted by molar-refractivity contribution is 5.86. The average molecular weight is 637 g/mol. The van der Waals surface area contributed by atoms with Crippen LogP contribution in [0.25, 0.3) is 21.9 Å². The minimum absolute atomic E-state index is 0. The summed E-state index contributed by atoms with van der Waals surface area (Å²) < 4.78 is 53.4. The van der Waals surface area contributed by atoms with Gasteiger partial charge in [-0.3, -0.25) is 0 Å². The van der Waals surface area contributed by atoms with Gasteiger partial charge in [-0.2, -0.15) is 0 Å². The van der Waals surface area contributed by atoms with E-state index in [0.717, 1.165) is 60.9 Å². The number of benzene rings is 2. The SMILES string of the molecule is COc1c(F)ccc2c(C3CCN(C(=O)OC(C)(C)C)CC3)noc12.COc1c(F)ccc2c(C3CCNCC3)noc12.Cl. The van der Waals surface area contributed by atoms with Crippen LogP contribution in [0.4, 0.5) is 13.6 Å². The summed E-state index contributed by atoms with van der Waals surface area (Å²) in [6.45, 7) is 8.70. The van der Waals surface area contributed by atoms with Crippen LogP contribution in [0.5, 0.6) is 11.5 Å². The van der Waals surface area contributed by atoms with E-state index in [1.165, 1.54) is 26.4 Å². The van der Waals surface area contributed by atoms with Crippen molar-refractivity contribution in [1.29, 1.82) is 0 Å². The lowest BCUT2D eigenvalue weighted by Crippen LogP contribution is -2.41. The highest BCUT2D eigenvalue weighted by Gasteiger charge is 2.30. The molecule has 44 heavy (non-hydrogen) atoms. The number of piperidine rings is 2. The second-order valence-electron chi connectivity index (χ2n) is 11.8. The number of nitrogens with zero attached hydrogens (tertiary/aromatic N) is 3. The normalized spacial score (nSPS) is 16.3. The third-order valence-electron chi connectivity index (χ3n) is 7.82. The fourth-order valence-electron chi connectivity index (χ4n) is 5.68. The molecule has 0 radical (unpaired) electrons. The first-order chi connectivity index (χ1) is 20.6. The number of ether oxygens (including phenoxy) is 3. The Hall–Kier alpha value is -3.64. The smallest absolute Gasteiger partial charge is 0.410 e. The van der Waals surface area contributed by atoms with E-state index in [1.807, 2.05) is 20.8 Å². The standard InChI is InChI=1S/C18H23FN2O4.C13H15FN2O2.ClH/c1-18(2,3)24-17(22)21-9-7-11(8-10-21)14-12-5-6-13(19)16(23-4)15(12)25-20-14;1-17-13-10(14)3-2-9-11(16-18-12(9)13)8-4-6-15-7-5-8;/h5-6,11H,7-10H2,1-4H3;2-3,8,15H,4-7H2,1H3;1H. The number of methoxy groups -OCH3 is 2. The van der Waals surface area contributed by atoms with Crippen LogP contribution >= 0.6 is 12.4 Å². The molecule has 4 aromatic rings.